The van der Waals surface area contributed by atoms with Gasteiger partial charge in [0.2, 0.25) is 11.6 Å². The van der Waals surface area contributed by atoms with Gasteiger partial charge in [-0.3, -0.25) is 10.1 Å². The van der Waals surface area contributed by atoms with E-state index in [-0.39, 0.29) is 10.6 Å². The molecule has 2 aliphatic rings. The highest BCUT2D eigenvalue weighted by molar-refractivity contribution is 5.71. The zero-order valence-electron chi connectivity index (χ0n) is 15.0. The number of aromatic nitrogens is 2. The van der Waals surface area contributed by atoms with Gasteiger partial charge in [0.05, 0.1) is 4.92 Å². The van der Waals surface area contributed by atoms with Gasteiger partial charge in [0.1, 0.15) is 6.33 Å². The quantitative estimate of drug-likeness (QED) is 0.623. The number of nitro groups is 1. The SMILES string of the molecule is CC1CCCN(c2ncnc(N3CCc4ccccc4C3)c2[N+](=O)[O-])C1. The summed E-state index contributed by atoms with van der Waals surface area (Å²) in [6.07, 6.45) is 4.53. The summed E-state index contributed by atoms with van der Waals surface area (Å²) in [5.74, 6) is 1.42. The molecule has 0 aliphatic carbocycles. The average Bonchev–Trinajstić information content (AvgIpc) is 2.67. The first-order valence-corrected chi connectivity index (χ1v) is 9.19. The van der Waals surface area contributed by atoms with E-state index in [1.165, 1.54) is 17.5 Å². The van der Waals surface area contributed by atoms with Gasteiger partial charge in [0, 0.05) is 26.2 Å². The molecule has 1 aromatic carbocycles. The van der Waals surface area contributed by atoms with Gasteiger partial charge in [0.15, 0.2) is 0 Å². The van der Waals surface area contributed by atoms with Gasteiger partial charge in [-0.25, -0.2) is 9.97 Å². The normalized spacial score (nSPS) is 20.0. The summed E-state index contributed by atoms with van der Waals surface area (Å²) in [4.78, 5) is 24.3. The number of fused-ring (bicyclic) bond motifs is 1. The number of piperidine rings is 1. The van der Waals surface area contributed by atoms with Crippen LogP contribution in [0.3, 0.4) is 0 Å². The molecule has 1 aromatic heterocycles. The summed E-state index contributed by atoms with van der Waals surface area (Å²) < 4.78 is 0. The summed E-state index contributed by atoms with van der Waals surface area (Å²) in [6, 6.07) is 8.26. The third-order valence-electron chi connectivity index (χ3n) is 5.35. The highest BCUT2D eigenvalue weighted by atomic mass is 16.6. The van der Waals surface area contributed by atoms with E-state index in [1.54, 1.807) is 0 Å². The number of hydrogen-bond donors (Lipinski definition) is 0. The first-order chi connectivity index (χ1) is 12.6. The van der Waals surface area contributed by atoms with Crippen LogP contribution in [0.2, 0.25) is 0 Å². The van der Waals surface area contributed by atoms with Gasteiger partial charge in [-0.1, -0.05) is 31.2 Å². The van der Waals surface area contributed by atoms with Crippen molar-refractivity contribution < 1.29 is 4.92 Å². The van der Waals surface area contributed by atoms with Crippen molar-refractivity contribution in [3.05, 3.63) is 51.8 Å². The van der Waals surface area contributed by atoms with Gasteiger partial charge in [-0.05, 0) is 36.3 Å². The first-order valence-electron chi connectivity index (χ1n) is 9.19. The summed E-state index contributed by atoms with van der Waals surface area (Å²) in [7, 11) is 0. The third kappa shape index (κ3) is 3.09. The van der Waals surface area contributed by atoms with E-state index in [0.717, 1.165) is 38.9 Å². The standard InChI is InChI=1S/C19H23N5O2/c1-14-5-4-9-22(11-14)18-17(24(25)26)19(21-13-20-18)23-10-8-15-6-2-3-7-16(15)12-23/h2-3,6-7,13-14H,4-5,8-12H2,1H3. The van der Waals surface area contributed by atoms with E-state index in [0.29, 0.717) is 24.1 Å². The van der Waals surface area contributed by atoms with Crippen molar-refractivity contribution in [1.29, 1.82) is 0 Å². The topological polar surface area (TPSA) is 75.4 Å². The Hall–Kier alpha value is -2.70. The number of rotatable bonds is 3. The van der Waals surface area contributed by atoms with E-state index in [2.05, 4.69) is 33.9 Å². The molecule has 0 bridgehead atoms. The summed E-state index contributed by atoms with van der Waals surface area (Å²) in [5.41, 5.74) is 2.56. The molecule has 3 heterocycles. The van der Waals surface area contributed by atoms with Gasteiger partial charge in [-0.15, -0.1) is 0 Å². The van der Waals surface area contributed by atoms with E-state index >= 15 is 0 Å². The second-order valence-corrected chi connectivity index (χ2v) is 7.26. The van der Waals surface area contributed by atoms with Crippen LogP contribution in [-0.2, 0) is 13.0 Å². The monoisotopic (exact) mass is 353 g/mol. The fraction of sp³-hybridized carbons (Fsp3) is 0.474. The largest absolute Gasteiger partial charge is 0.353 e. The molecule has 2 aromatic rings. The Morgan fingerprint density at radius 2 is 1.85 bits per heavy atom. The van der Waals surface area contributed by atoms with Crippen LogP contribution < -0.4 is 9.80 Å². The molecule has 0 amide bonds. The van der Waals surface area contributed by atoms with Crippen molar-refractivity contribution in [3.8, 4) is 0 Å². The molecular formula is C19H23N5O2. The number of anilines is 2. The highest BCUT2D eigenvalue weighted by Gasteiger charge is 2.32. The molecule has 2 aliphatic heterocycles. The van der Waals surface area contributed by atoms with Gasteiger partial charge >= 0.3 is 5.69 Å². The van der Waals surface area contributed by atoms with Crippen LogP contribution in [0.15, 0.2) is 30.6 Å². The van der Waals surface area contributed by atoms with Crippen LogP contribution in [0.5, 0.6) is 0 Å². The molecule has 136 valence electrons. The van der Waals surface area contributed by atoms with Gasteiger partial charge in [-0.2, -0.15) is 0 Å². The van der Waals surface area contributed by atoms with Gasteiger partial charge in [0.25, 0.3) is 0 Å². The number of benzene rings is 1. The lowest BCUT2D eigenvalue weighted by molar-refractivity contribution is -0.383. The molecule has 0 saturated carbocycles. The summed E-state index contributed by atoms with van der Waals surface area (Å²) in [5, 5.41) is 11.9. The molecule has 1 fully saturated rings. The maximum atomic E-state index is 11.9. The Morgan fingerprint density at radius 3 is 2.58 bits per heavy atom. The van der Waals surface area contributed by atoms with Crippen LogP contribution >= 0.6 is 0 Å². The Morgan fingerprint density at radius 1 is 1.12 bits per heavy atom. The maximum absolute atomic E-state index is 11.9. The molecular weight excluding hydrogens is 330 g/mol. The van der Waals surface area contributed by atoms with Crippen molar-refractivity contribution in [2.24, 2.45) is 5.92 Å². The molecule has 4 rings (SSSR count). The first kappa shape index (κ1) is 16.8. The molecule has 0 N–H and O–H groups in total. The molecule has 1 unspecified atom stereocenters. The van der Waals surface area contributed by atoms with Crippen LogP contribution in [0.25, 0.3) is 0 Å². The second-order valence-electron chi connectivity index (χ2n) is 7.26. The van der Waals surface area contributed by atoms with Crippen molar-refractivity contribution in [2.75, 3.05) is 29.4 Å². The maximum Gasteiger partial charge on any atom is 0.353 e. The zero-order valence-corrected chi connectivity index (χ0v) is 15.0. The molecule has 26 heavy (non-hydrogen) atoms. The number of nitrogens with zero attached hydrogens (tertiary/aromatic N) is 5. The van der Waals surface area contributed by atoms with Crippen LogP contribution in [0.4, 0.5) is 17.3 Å². The Bertz CT molecular complexity index is 825. The summed E-state index contributed by atoms with van der Waals surface area (Å²) >= 11 is 0. The van der Waals surface area contributed by atoms with Crippen molar-refractivity contribution >= 4 is 17.3 Å². The average molecular weight is 353 g/mol. The van der Waals surface area contributed by atoms with Crippen molar-refractivity contribution in [2.45, 2.75) is 32.7 Å². The minimum Gasteiger partial charge on any atom is -0.350 e. The van der Waals surface area contributed by atoms with E-state index < -0.39 is 0 Å². The predicted octanol–water partition coefficient (Wildman–Crippen LogP) is 3.18. The Balaban J connectivity index is 1.71. The zero-order chi connectivity index (χ0) is 18.1. The Labute approximate surface area is 152 Å². The molecule has 7 nitrogen and oxygen atoms in total. The molecule has 0 radical (unpaired) electrons. The fourth-order valence-electron chi connectivity index (χ4n) is 4.04. The minimum absolute atomic E-state index is 0.0426. The lowest BCUT2D eigenvalue weighted by Gasteiger charge is -2.33. The lowest BCUT2D eigenvalue weighted by Crippen LogP contribution is -2.36. The van der Waals surface area contributed by atoms with Crippen molar-refractivity contribution in [1.82, 2.24) is 9.97 Å². The molecule has 7 heteroatoms. The summed E-state index contributed by atoms with van der Waals surface area (Å²) in [6.45, 7) is 5.17. The minimum atomic E-state index is -0.315. The van der Waals surface area contributed by atoms with E-state index in [9.17, 15) is 10.1 Å². The van der Waals surface area contributed by atoms with Crippen LogP contribution in [0.1, 0.15) is 30.9 Å². The van der Waals surface area contributed by atoms with E-state index in [4.69, 9.17) is 0 Å². The number of hydrogen-bond acceptors (Lipinski definition) is 6. The highest BCUT2D eigenvalue weighted by Crippen LogP contribution is 2.37. The Kier molecular flexibility index (Phi) is 4.44. The fourth-order valence-corrected chi connectivity index (χ4v) is 4.04. The van der Waals surface area contributed by atoms with Crippen LogP contribution in [0, 0.1) is 16.0 Å². The van der Waals surface area contributed by atoms with Crippen LogP contribution in [-0.4, -0.2) is 34.5 Å². The lowest BCUT2D eigenvalue weighted by atomic mass is 9.99. The van der Waals surface area contributed by atoms with Crippen molar-refractivity contribution in [3.63, 3.8) is 0 Å². The smallest absolute Gasteiger partial charge is 0.350 e. The predicted molar refractivity (Wildman–Crippen MR) is 100 cm³/mol. The molecule has 1 atom stereocenters. The van der Waals surface area contributed by atoms with Gasteiger partial charge < -0.3 is 9.80 Å². The third-order valence-corrected chi connectivity index (χ3v) is 5.35. The molecule has 1 saturated heterocycles. The molecule has 0 spiro atoms. The van der Waals surface area contributed by atoms with E-state index in [1.807, 2.05) is 17.0 Å². The second kappa shape index (κ2) is 6.90.